The number of unbranched alkanes of at least 4 members (excludes halogenated alkanes) is 4. The Hall–Kier alpha value is -2.09. The fourth-order valence-corrected chi connectivity index (χ4v) is 3.74. The molecule has 0 saturated carbocycles. The lowest BCUT2D eigenvalue weighted by molar-refractivity contribution is 0.0714. The zero-order valence-electron chi connectivity index (χ0n) is 16.1. The number of halogens is 1. The summed E-state index contributed by atoms with van der Waals surface area (Å²) in [6.07, 6.45) is 7.18. The Labute approximate surface area is 173 Å². The molecule has 7 nitrogen and oxygen atoms in total. The average Bonchev–Trinajstić information content (AvgIpc) is 3.26. The number of aromatic nitrogens is 2. The Morgan fingerprint density at radius 2 is 1.79 bits per heavy atom. The number of carbonyl (C=O) groups excluding carboxylic acids is 1. The molecule has 2 aromatic rings. The van der Waals surface area contributed by atoms with Gasteiger partial charge in [0.15, 0.2) is 5.76 Å². The molecular weight excluding hydrogens is 424 g/mol. The highest BCUT2D eigenvalue weighted by molar-refractivity contribution is 9.09. The Balaban J connectivity index is 1.52. The quantitative estimate of drug-likeness (QED) is 0.433. The monoisotopic (exact) mass is 450 g/mol. The van der Waals surface area contributed by atoms with E-state index in [1.165, 1.54) is 25.5 Å². The molecule has 3 heterocycles. The number of piperazine rings is 1. The number of alkyl halides is 1. The van der Waals surface area contributed by atoms with Gasteiger partial charge in [-0.05, 0) is 31.0 Å². The maximum Gasteiger partial charge on any atom is 0.289 e. The van der Waals surface area contributed by atoms with Crippen molar-refractivity contribution in [3.63, 3.8) is 0 Å². The molecule has 28 heavy (non-hydrogen) atoms. The van der Waals surface area contributed by atoms with Crippen LogP contribution < -0.4 is 10.5 Å². The van der Waals surface area contributed by atoms with Crippen LogP contribution >= 0.6 is 15.9 Å². The fraction of sp³-hybridized carbons (Fsp3) is 0.550. The number of amides is 1. The second-order valence-electron chi connectivity index (χ2n) is 6.97. The van der Waals surface area contributed by atoms with E-state index in [9.17, 15) is 9.59 Å². The number of anilines is 1. The van der Waals surface area contributed by atoms with Crippen LogP contribution in [-0.4, -0.2) is 52.1 Å². The molecule has 2 aromatic heterocycles. The van der Waals surface area contributed by atoms with E-state index in [-0.39, 0.29) is 11.5 Å². The topological polar surface area (TPSA) is 71.6 Å². The minimum atomic E-state index is -0.0810. The van der Waals surface area contributed by atoms with Crippen LogP contribution in [0.5, 0.6) is 0 Å². The molecule has 0 spiro atoms. The van der Waals surface area contributed by atoms with Gasteiger partial charge in [-0.25, -0.2) is 4.68 Å². The Kier molecular flexibility index (Phi) is 7.71. The Bertz CT molecular complexity index is 798. The van der Waals surface area contributed by atoms with Crippen molar-refractivity contribution in [3.05, 3.63) is 46.6 Å². The third-order valence-electron chi connectivity index (χ3n) is 4.98. The molecule has 0 unspecified atom stereocenters. The highest BCUT2D eigenvalue weighted by atomic mass is 79.9. The lowest BCUT2D eigenvalue weighted by Gasteiger charge is -2.35. The fourth-order valence-electron chi connectivity index (χ4n) is 3.35. The Morgan fingerprint density at radius 3 is 2.50 bits per heavy atom. The molecule has 3 rings (SSSR count). The number of hydrogen-bond donors (Lipinski definition) is 0. The number of furan rings is 1. The molecule has 1 fully saturated rings. The summed E-state index contributed by atoms with van der Waals surface area (Å²) in [6, 6.07) is 6.77. The summed E-state index contributed by atoms with van der Waals surface area (Å²) in [5.41, 5.74) is -0.0594. The predicted octanol–water partition coefficient (Wildman–Crippen LogP) is 3.14. The van der Waals surface area contributed by atoms with Crippen molar-refractivity contribution in [1.29, 1.82) is 0 Å². The van der Waals surface area contributed by atoms with Crippen molar-refractivity contribution >= 4 is 27.7 Å². The molecule has 8 heteroatoms. The maximum atomic E-state index is 12.4. The van der Waals surface area contributed by atoms with Gasteiger partial charge in [-0.15, -0.1) is 0 Å². The van der Waals surface area contributed by atoms with Crippen molar-refractivity contribution in [2.45, 2.75) is 38.6 Å². The molecule has 1 saturated heterocycles. The smallest absolute Gasteiger partial charge is 0.289 e. The first-order valence-corrected chi connectivity index (χ1v) is 11.0. The van der Waals surface area contributed by atoms with Gasteiger partial charge in [0.1, 0.15) is 5.82 Å². The van der Waals surface area contributed by atoms with Gasteiger partial charge in [0.05, 0.1) is 6.26 Å². The first-order valence-electron chi connectivity index (χ1n) is 9.91. The molecular formula is C20H27BrN4O3. The van der Waals surface area contributed by atoms with Gasteiger partial charge < -0.3 is 14.2 Å². The third-order valence-corrected chi connectivity index (χ3v) is 5.54. The number of nitrogens with zero attached hydrogens (tertiary/aromatic N) is 4. The van der Waals surface area contributed by atoms with Crippen molar-refractivity contribution in [1.82, 2.24) is 14.7 Å². The van der Waals surface area contributed by atoms with E-state index >= 15 is 0 Å². The summed E-state index contributed by atoms with van der Waals surface area (Å²) >= 11 is 3.45. The number of rotatable bonds is 9. The van der Waals surface area contributed by atoms with Gasteiger partial charge in [0.2, 0.25) is 0 Å². The molecule has 0 aliphatic carbocycles. The largest absolute Gasteiger partial charge is 0.459 e. The lowest BCUT2D eigenvalue weighted by atomic mass is 10.1. The van der Waals surface area contributed by atoms with E-state index in [2.05, 4.69) is 25.9 Å². The molecule has 1 aliphatic rings. The third kappa shape index (κ3) is 5.47. The number of aryl methyl sites for hydroxylation is 1. The van der Waals surface area contributed by atoms with E-state index in [0.29, 0.717) is 38.5 Å². The number of hydrogen-bond acceptors (Lipinski definition) is 5. The zero-order chi connectivity index (χ0) is 19.8. The summed E-state index contributed by atoms with van der Waals surface area (Å²) < 4.78 is 6.77. The first kappa shape index (κ1) is 20.6. The van der Waals surface area contributed by atoms with E-state index in [4.69, 9.17) is 4.42 Å². The summed E-state index contributed by atoms with van der Waals surface area (Å²) in [4.78, 5) is 28.4. The molecule has 0 aromatic carbocycles. The summed E-state index contributed by atoms with van der Waals surface area (Å²) in [7, 11) is 0. The van der Waals surface area contributed by atoms with Gasteiger partial charge >= 0.3 is 0 Å². The summed E-state index contributed by atoms with van der Waals surface area (Å²) in [5.74, 6) is 1.09. The van der Waals surface area contributed by atoms with Gasteiger partial charge in [-0.2, -0.15) is 5.10 Å². The molecule has 0 N–H and O–H groups in total. The SMILES string of the molecule is O=C(c1ccco1)N1CCN(c2ccc(=O)n(CCCCCCCBr)n2)CC1. The molecule has 0 radical (unpaired) electrons. The zero-order valence-corrected chi connectivity index (χ0v) is 17.6. The minimum absolute atomic E-state index is 0.0594. The van der Waals surface area contributed by atoms with Gasteiger partial charge in [0, 0.05) is 44.1 Å². The van der Waals surface area contributed by atoms with Crippen LogP contribution in [0.15, 0.2) is 39.7 Å². The van der Waals surface area contributed by atoms with Crippen LogP contribution in [0.4, 0.5) is 5.82 Å². The minimum Gasteiger partial charge on any atom is -0.459 e. The second-order valence-corrected chi connectivity index (χ2v) is 7.76. The first-order chi connectivity index (χ1) is 13.7. The highest BCUT2D eigenvalue weighted by Gasteiger charge is 2.24. The van der Waals surface area contributed by atoms with Crippen LogP contribution in [0.1, 0.15) is 42.7 Å². The normalized spacial score (nSPS) is 14.5. The van der Waals surface area contributed by atoms with Crippen molar-refractivity contribution in [2.75, 3.05) is 36.4 Å². The van der Waals surface area contributed by atoms with E-state index in [1.807, 2.05) is 0 Å². The maximum absolute atomic E-state index is 12.4. The predicted molar refractivity (Wildman–Crippen MR) is 112 cm³/mol. The van der Waals surface area contributed by atoms with Crippen LogP contribution in [0.25, 0.3) is 0 Å². The van der Waals surface area contributed by atoms with Crippen molar-refractivity contribution < 1.29 is 9.21 Å². The van der Waals surface area contributed by atoms with Crippen LogP contribution in [0.2, 0.25) is 0 Å². The van der Waals surface area contributed by atoms with E-state index < -0.39 is 0 Å². The van der Waals surface area contributed by atoms with Crippen LogP contribution in [0.3, 0.4) is 0 Å². The standard InChI is InChI=1S/C20H27BrN4O3/c21-10-4-2-1-3-5-11-25-19(26)9-8-18(22-25)23-12-14-24(15-13-23)20(27)17-7-6-16-28-17/h6-9,16H,1-5,10-15H2. The lowest BCUT2D eigenvalue weighted by Crippen LogP contribution is -2.49. The molecule has 0 bridgehead atoms. The van der Waals surface area contributed by atoms with E-state index in [0.717, 1.165) is 24.0 Å². The molecule has 0 atom stereocenters. The van der Waals surface area contributed by atoms with Gasteiger partial charge in [-0.3, -0.25) is 9.59 Å². The molecule has 1 aliphatic heterocycles. The molecule has 152 valence electrons. The summed E-state index contributed by atoms with van der Waals surface area (Å²) in [5, 5.41) is 5.60. The summed E-state index contributed by atoms with van der Waals surface area (Å²) in [6.45, 7) is 3.23. The van der Waals surface area contributed by atoms with E-state index in [1.54, 1.807) is 33.8 Å². The van der Waals surface area contributed by atoms with Gasteiger partial charge in [0.25, 0.3) is 11.5 Å². The molecule has 1 amide bonds. The van der Waals surface area contributed by atoms with Crippen molar-refractivity contribution in [2.24, 2.45) is 0 Å². The van der Waals surface area contributed by atoms with Crippen LogP contribution in [0, 0.1) is 0 Å². The van der Waals surface area contributed by atoms with Crippen molar-refractivity contribution in [3.8, 4) is 0 Å². The average molecular weight is 451 g/mol. The Morgan fingerprint density at radius 1 is 1.04 bits per heavy atom. The number of carbonyl (C=O) groups is 1. The highest BCUT2D eigenvalue weighted by Crippen LogP contribution is 2.14. The second kappa shape index (κ2) is 10.5. The van der Waals surface area contributed by atoms with Gasteiger partial charge in [-0.1, -0.05) is 35.2 Å². The van der Waals surface area contributed by atoms with Crippen LogP contribution in [-0.2, 0) is 6.54 Å².